The highest BCUT2D eigenvalue weighted by Crippen LogP contribution is 2.34. The minimum Gasteiger partial charge on any atom is -0.490 e. The first-order valence-electron chi connectivity index (χ1n) is 8.78. The molecule has 0 saturated carbocycles. The second kappa shape index (κ2) is 7.78. The van der Waals surface area contributed by atoms with E-state index in [4.69, 9.17) is 9.47 Å². The Hall–Kier alpha value is -2.25. The normalized spacial score (nSPS) is 13.4. The number of fused-ring (bicyclic) bond motifs is 2. The maximum atomic E-state index is 12.3. The molecule has 0 unspecified atom stereocenters. The van der Waals surface area contributed by atoms with Gasteiger partial charge in [0, 0.05) is 11.3 Å². The van der Waals surface area contributed by atoms with E-state index in [1.165, 1.54) is 28.7 Å². The zero-order valence-corrected chi connectivity index (χ0v) is 16.8. The quantitative estimate of drug-likeness (QED) is 0.637. The first-order valence-corrected chi connectivity index (χ1v) is 10.6. The zero-order valence-electron chi connectivity index (χ0n) is 15.2. The number of hydrogen-bond donors (Lipinski definition) is 1. The van der Waals surface area contributed by atoms with Crippen molar-refractivity contribution in [2.75, 3.05) is 24.3 Å². The van der Waals surface area contributed by atoms with Gasteiger partial charge in [-0.1, -0.05) is 17.4 Å². The Morgan fingerprint density at radius 2 is 2.00 bits per heavy atom. The third-order valence-electron chi connectivity index (χ3n) is 4.17. The van der Waals surface area contributed by atoms with E-state index in [1.807, 2.05) is 25.1 Å². The first-order chi connectivity index (χ1) is 13.1. The van der Waals surface area contributed by atoms with Gasteiger partial charge in [0.2, 0.25) is 5.91 Å². The summed E-state index contributed by atoms with van der Waals surface area (Å²) >= 11 is 2.98. The van der Waals surface area contributed by atoms with E-state index in [2.05, 4.69) is 29.4 Å². The van der Waals surface area contributed by atoms with E-state index < -0.39 is 0 Å². The molecule has 27 heavy (non-hydrogen) atoms. The Labute approximate surface area is 166 Å². The molecule has 5 nitrogen and oxygen atoms in total. The highest BCUT2D eigenvalue weighted by molar-refractivity contribution is 8.00. The van der Waals surface area contributed by atoms with Gasteiger partial charge < -0.3 is 14.8 Å². The van der Waals surface area contributed by atoms with Crippen LogP contribution in [-0.4, -0.2) is 29.9 Å². The lowest BCUT2D eigenvalue weighted by atomic mass is 10.1. The van der Waals surface area contributed by atoms with Gasteiger partial charge in [-0.3, -0.25) is 4.79 Å². The Morgan fingerprint density at radius 1 is 1.19 bits per heavy atom. The van der Waals surface area contributed by atoms with Gasteiger partial charge in [0.05, 0.1) is 29.2 Å². The Bertz CT molecular complexity index is 1000. The maximum Gasteiger partial charge on any atom is 0.236 e. The number of nitrogens with zero attached hydrogens (tertiary/aromatic N) is 1. The summed E-state index contributed by atoms with van der Waals surface area (Å²) in [7, 11) is 0. The van der Waals surface area contributed by atoms with Crippen LogP contribution in [-0.2, 0) is 4.79 Å². The van der Waals surface area contributed by atoms with Crippen LogP contribution in [0.15, 0.2) is 35.2 Å². The number of thioether (sulfide) groups is 1. The molecular weight excluding hydrogens is 380 g/mol. The van der Waals surface area contributed by atoms with Gasteiger partial charge >= 0.3 is 0 Å². The summed E-state index contributed by atoms with van der Waals surface area (Å²) in [5.74, 6) is 1.75. The van der Waals surface area contributed by atoms with Crippen molar-refractivity contribution in [1.82, 2.24) is 4.98 Å². The van der Waals surface area contributed by atoms with Crippen LogP contribution in [0.5, 0.6) is 11.5 Å². The van der Waals surface area contributed by atoms with E-state index in [1.54, 1.807) is 0 Å². The average Bonchev–Trinajstić information content (AvgIpc) is 2.88. The predicted octanol–water partition coefficient (Wildman–Crippen LogP) is 4.81. The van der Waals surface area contributed by atoms with Crippen LogP contribution in [0.4, 0.5) is 5.13 Å². The van der Waals surface area contributed by atoms with Crippen molar-refractivity contribution < 1.29 is 14.3 Å². The van der Waals surface area contributed by atoms with Crippen LogP contribution < -0.4 is 14.8 Å². The number of hydrogen-bond acceptors (Lipinski definition) is 6. The standard InChI is InChI=1S/C20H20N2O3S2/c1-12-8-13(2)19-17(9-12)27-20(22-19)21-18(23)11-26-14-4-5-15-16(10-14)25-7-3-6-24-15/h4-5,8-10H,3,6-7,11H2,1-2H3,(H,21,22,23). The molecule has 1 aliphatic rings. The number of ether oxygens (including phenoxy) is 2. The molecule has 2 heterocycles. The van der Waals surface area contributed by atoms with Crippen molar-refractivity contribution >= 4 is 44.4 Å². The van der Waals surface area contributed by atoms with E-state index in [0.717, 1.165) is 38.6 Å². The highest BCUT2D eigenvalue weighted by atomic mass is 32.2. The lowest BCUT2D eigenvalue weighted by Gasteiger charge is -2.09. The van der Waals surface area contributed by atoms with Gasteiger partial charge in [0.25, 0.3) is 0 Å². The summed E-state index contributed by atoms with van der Waals surface area (Å²) in [5, 5.41) is 3.55. The molecule has 2 aromatic carbocycles. The summed E-state index contributed by atoms with van der Waals surface area (Å²) in [4.78, 5) is 17.9. The van der Waals surface area contributed by atoms with E-state index in [0.29, 0.717) is 24.1 Å². The fourth-order valence-electron chi connectivity index (χ4n) is 2.96. The third-order valence-corrected chi connectivity index (χ3v) is 6.08. The van der Waals surface area contributed by atoms with Crippen LogP contribution in [0.1, 0.15) is 17.5 Å². The molecule has 1 aliphatic heterocycles. The number of thiazole rings is 1. The number of aryl methyl sites for hydroxylation is 2. The van der Waals surface area contributed by atoms with Crippen LogP contribution in [0.25, 0.3) is 10.2 Å². The van der Waals surface area contributed by atoms with Crippen molar-refractivity contribution in [1.29, 1.82) is 0 Å². The summed E-state index contributed by atoms with van der Waals surface area (Å²) in [6.07, 6.45) is 0.876. The first kappa shape index (κ1) is 18.1. The summed E-state index contributed by atoms with van der Waals surface area (Å²) in [5.41, 5.74) is 3.28. The second-order valence-corrected chi connectivity index (χ2v) is 8.52. The molecule has 1 aromatic heterocycles. The Morgan fingerprint density at radius 3 is 2.85 bits per heavy atom. The molecule has 0 aliphatic carbocycles. The van der Waals surface area contributed by atoms with Crippen molar-refractivity contribution in [3.8, 4) is 11.5 Å². The maximum absolute atomic E-state index is 12.3. The molecule has 0 spiro atoms. The van der Waals surface area contributed by atoms with Gasteiger partial charge in [0.1, 0.15) is 0 Å². The third kappa shape index (κ3) is 4.20. The SMILES string of the molecule is Cc1cc(C)c2nc(NC(=O)CSc3ccc4c(c3)OCCCO4)sc2c1. The van der Waals surface area contributed by atoms with E-state index in [-0.39, 0.29) is 5.91 Å². The lowest BCUT2D eigenvalue weighted by molar-refractivity contribution is -0.113. The van der Waals surface area contributed by atoms with E-state index in [9.17, 15) is 4.79 Å². The number of aromatic nitrogens is 1. The van der Waals surface area contributed by atoms with Gasteiger partial charge in [-0.05, 0) is 49.2 Å². The van der Waals surface area contributed by atoms with Crippen LogP contribution >= 0.6 is 23.1 Å². The molecule has 0 fully saturated rings. The van der Waals surface area contributed by atoms with Gasteiger partial charge in [-0.25, -0.2) is 4.98 Å². The van der Waals surface area contributed by atoms with Crippen molar-refractivity contribution in [3.05, 3.63) is 41.5 Å². The molecule has 1 amide bonds. The number of rotatable bonds is 4. The summed E-state index contributed by atoms with van der Waals surface area (Å²) < 4.78 is 12.4. The number of anilines is 1. The molecule has 0 radical (unpaired) electrons. The number of carbonyl (C=O) groups excluding carboxylic acids is 1. The molecule has 140 valence electrons. The zero-order chi connectivity index (χ0) is 18.8. The van der Waals surface area contributed by atoms with Gasteiger partial charge in [-0.2, -0.15) is 0 Å². The minimum atomic E-state index is -0.0689. The molecule has 1 N–H and O–H groups in total. The van der Waals surface area contributed by atoms with Gasteiger partial charge in [0.15, 0.2) is 16.6 Å². The highest BCUT2D eigenvalue weighted by Gasteiger charge is 2.13. The fourth-order valence-corrected chi connectivity index (χ4v) is 4.74. The minimum absolute atomic E-state index is 0.0689. The monoisotopic (exact) mass is 400 g/mol. The number of benzene rings is 2. The smallest absolute Gasteiger partial charge is 0.236 e. The lowest BCUT2D eigenvalue weighted by Crippen LogP contribution is -2.13. The molecule has 0 atom stereocenters. The predicted molar refractivity (Wildman–Crippen MR) is 110 cm³/mol. The molecule has 0 bridgehead atoms. The Balaban J connectivity index is 1.40. The van der Waals surface area contributed by atoms with Gasteiger partial charge in [-0.15, -0.1) is 11.8 Å². The average molecular weight is 401 g/mol. The van der Waals surface area contributed by atoms with Crippen LogP contribution in [0, 0.1) is 13.8 Å². The molecule has 0 saturated heterocycles. The van der Waals surface area contributed by atoms with E-state index >= 15 is 0 Å². The van der Waals surface area contributed by atoms with Crippen molar-refractivity contribution in [2.45, 2.75) is 25.2 Å². The molecule has 7 heteroatoms. The topological polar surface area (TPSA) is 60.5 Å². The van der Waals surface area contributed by atoms with Crippen LogP contribution in [0.2, 0.25) is 0 Å². The molecular formula is C20H20N2O3S2. The van der Waals surface area contributed by atoms with Crippen molar-refractivity contribution in [3.63, 3.8) is 0 Å². The fraction of sp³-hybridized carbons (Fsp3) is 0.300. The number of nitrogens with one attached hydrogen (secondary N) is 1. The Kier molecular flexibility index (Phi) is 5.22. The molecule has 3 aromatic rings. The molecule has 4 rings (SSSR count). The number of carbonyl (C=O) groups is 1. The number of amides is 1. The summed E-state index contributed by atoms with van der Waals surface area (Å²) in [6.45, 7) is 5.43. The van der Waals surface area contributed by atoms with Crippen LogP contribution in [0.3, 0.4) is 0 Å². The van der Waals surface area contributed by atoms with Crippen molar-refractivity contribution in [2.24, 2.45) is 0 Å². The second-order valence-electron chi connectivity index (χ2n) is 6.44. The summed E-state index contributed by atoms with van der Waals surface area (Å²) in [6, 6.07) is 9.99. The largest absolute Gasteiger partial charge is 0.490 e.